The average molecular weight is 508 g/mol. The van der Waals surface area contributed by atoms with Gasteiger partial charge < -0.3 is 4.90 Å². The summed E-state index contributed by atoms with van der Waals surface area (Å²) in [5.74, 6) is 0.513. The van der Waals surface area contributed by atoms with Crippen LogP contribution in [0.4, 0.5) is 10.5 Å². The van der Waals surface area contributed by atoms with Crippen molar-refractivity contribution < 1.29 is 19.0 Å². The molecule has 0 N–H and O–H groups in total. The third kappa shape index (κ3) is 4.52. The Hall–Kier alpha value is -3.56. The molecule has 0 radical (unpaired) electrons. The summed E-state index contributed by atoms with van der Waals surface area (Å²) in [7, 11) is 3.07. The molecule has 10 heteroatoms. The lowest BCUT2D eigenvalue weighted by Crippen LogP contribution is -2.62. The molecule has 3 aliphatic rings. The first-order valence-corrected chi connectivity index (χ1v) is 12.3. The molecule has 0 aromatic heterocycles. The van der Waals surface area contributed by atoms with E-state index in [0.717, 1.165) is 36.8 Å². The van der Waals surface area contributed by atoms with Crippen LogP contribution in [0.25, 0.3) is 0 Å². The Labute approximate surface area is 214 Å². The zero-order valence-corrected chi connectivity index (χ0v) is 21.1. The molecule has 2 aromatic carbocycles. The number of fused-ring (bicyclic) bond motifs is 1. The second-order valence-corrected chi connectivity index (χ2v) is 9.62. The first kappa shape index (κ1) is 24.1. The lowest BCUT2D eigenvalue weighted by molar-refractivity contribution is -0.523. The second-order valence-electron chi connectivity index (χ2n) is 9.19. The first-order valence-electron chi connectivity index (χ1n) is 11.9. The van der Waals surface area contributed by atoms with Crippen molar-refractivity contribution in [1.82, 2.24) is 14.7 Å². The number of imide groups is 1. The van der Waals surface area contributed by atoms with Crippen molar-refractivity contribution in [3.63, 3.8) is 0 Å². The summed E-state index contributed by atoms with van der Waals surface area (Å²) in [6.07, 6.45) is 0. The fraction of sp³-hybridized carbons (Fsp3) is 0.346. The molecule has 3 aliphatic heterocycles. The van der Waals surface area contributed by atoms with Crippen molar-refractivity contribution in [3.05, 3.63) is 65.2 Å². The molecule has 0 bridgehead atoms. The quantitative estimate of drug-likeness (QED) is 0.442. The number of aliphatic imine (C=N–C) groups is 1. The van der Waals surface area contributed by atoms with Gasteiger partial charge in [-0.3, -0.25) is 24.3 Å². The maximum Gasteiger partial charge on any atom is 0.333 e. The Morgan fingerprint density at radius 2 is 1.72 bits per heavy atom. The van der Waals surface area contributed by atoms with E-state index in [-0.39, 0.29) is 18.2 Å². The van der Waals surface area contributed by atoms with E-state index < -0.39 is 12.1 Å². The van der Waals surface area contributed by atoms with E-state index >= 15 is 0 Å². The maximum atomic E-state index is 13.2. The van der Waals surface area contributed by atoms with Crippen LogP contribution in [0.15, 0.2) is 59.6 Å². The van der Waals surface area contributed by atoms with Crippen molar-refractivity contribution >= 4 is 46.7 Å². The lowest BCUT2D eigenvalue weighted by atomic mass is 10.1. The number of amidine groups is 2. The number of carbonyl (C=O) groups excluding carboxylic acids is 3. The average Bonchev–Trinajstić information content (AvgIpc) is 3.24. The minimum absolute atomic E-state index is 0.00109. The van der Waals surface area contributed by atoms with Crippen molar-refractivity contribution in [3.8, 4) is 0 Å². The van der Waals surface area contributed by atoms with Crippen LogP contribution >= 0.6 is 11.6 Å². The van der Waals surface area contributed by atoms with Crippen LogP contribution in [0.5, 0.6) is 0 Å². The summed E-state index contributed by atoms with van der Waals surface area (Å²) in [4.78, 5) is 50.6. The molecule has 186 valence electrons. The summed E-state index contributed by atoms with van der Waals surface area (Å²) in [5, 5.41) is 0.710. The Kier molecular flexibility index (Phi) is 6.59. The number of piperazine rings is 1. The smallest absolute Gasteiger partial charge is 0.333 e. The monoisotopic (exact) mass is 507 g/mol. The van der Waals surface area contributed by atoms with Gasteiger partial charge in [-0.25, -0.2) is 9.37 Å². The minimum Gasteiger partial charge on any atom is -0.369 e. The number of hydrogen-bond donors (Lipinski definition) is 0. The van der Waals surface area contributed by atoms with Gasteiger partial charge in [-0.15, -0.1) is 0 Å². The topological polar surface area (TPSA) is 79.5 Å². The van der Waals surface area contributed by atoms with Crippen molar-refractivity contribution in [2.75, 3.05) is 58.3 Å². The second kappa shape index (κ2) is 9.83. The Morgan fingerprint density at radius 3 is 2.42 bits per heavy atom. The summed E-state index contributed by atoms with van der Waals surface area (Å²) in [6, 6.07) is 15.6. The number of nitrogens with zero attached hydrogens (tertiary/aromatic N) is 6. The van der Waals surface area contributed by atoms with Gasteiger partial charge in [0.15, 0.2) is 0 Å². The van der Waals surface area contributed by atoms with Crippen LogP contribution in [0.3, 0.4) is 0 Å². The van der Waals surface area contributed by atoms with Crippen LogP contribution in [-0.2, 0) is 4.79 Å². The highest BCUT2D eigenvalue weighted by molar-refractivity contribution is 6.30. The van der Waals surface area contributed by atoms with Gasteiger partial charge in [0.05, 0.1) is 0 Å². The summed E-state index contributed by atoms with van der Waals surface area (Å²) in [5.41, 5.74) is 1.66. The molecule has 2 aromatic rings. The molecule has 3 heterocycles. The van der Waals surface area contributed by atoms with Crippen LogP contribution < -0.4 is 4.90 Å². The normalized spacial score (nSPS) is 20.7. The van der Waals surface area contributed by atoms with Crippen molar-refractivity contribution in [2.45, 2.75) is 6.04 Å². The maximum absolute atomic E-state index is 13.2. The molecule has 3 amide bonds. The molecule has 2 fully saturated rings. The largest absolute Gasteiger partial charge is 0.369 e. The fourth-order valence-corrected chi connectivity index (χ4v) is 5.05. The number of urea groups is 1. The van der Waals surface area contributed by atoms with Crippen molar-refractivity contribution in [2.24, 2.45) is 4.99 Å². The number of likely N-dealkylation sites (N-methyl/N-ethyl adjacent to an activating group) is 2. The molecule has 0 aliphatic carbocycles. The van der Waals surface area contributed by atoms with Crippen LogP contribution in [0, 0.1) is 0 Å². The first-order chi connectivity index (χ1) is 17.3. The van der Waals surface area contributed by atoms with Gasteiger partial charge in [0.25, 0.3) is 17.8 Å². The summed E-state index contributed by atoms with van der Waals surface area (Å²) < 4.78 is 1.76. The third-order valence-electron chi connectivity index (χ3n) is 6.93. The van der Waals surface area contributed by atoms with E-state index in [1.54, 1.807) is 23.8 Å². The van der Waals surface area contributed by atoms with Gasteiger partial charge >= 0.3 is 11.9 Å². The van der Waals surface area contributed by atoms with E-state index in [1.807, 2.05) is 36.4 Å². The van der Waals surface area contributed by atoms with Gasteiger partial charge in [-0.05, 0) is 23.2 Å². The third-order valence-corrected chi connectivity index (χ3v) is 7.17. The molecule has 0 saturated carbocycles. The van der Waals surface area contributed by atoms with Crippen LogP contribution in [0.1, 0.15) is 10.4 Å². The number of hydrogen-bond acceptors (Lipinski definition) is 6. The predicted molar refractivity (Wildman–Crippen MR) is 138 cm³/mol. The molecule has 1 unspecified atom stereocenters. The summed E-state index contributed by atoms with van der Waals surface area (Å²) in [6.45, 7) is 3.68. The van der Waals surface area contributed by atoms with Crippen LogP contribution in [-0.4, -0.2) is 108 Å². The number of halogens is 1. The van der Waals surface area contributed by atoms with Gasteiger partial charge in [0, 0.05) is 56.5 Å². The highest BCUT2D eigenvalue weighted by atomic mass is 35.5. The molecule has 2 saturated heterocycles. The Morgan fingerprint density at radius 1 is 1.00 bits per heavy atom. The van der Waals surface area contributed by atoms with Gasteiger partial charge in [0.2, 0.25) is 5.78 Å². The number of Topliss-reactive ketones (excluding diaryl/α,β-unsaturated/α-hetero) is 1. The fourth-order valence-electron chi connectivity index (χ4n) is 4.86. The highest BCUT2D eigenvalue weighted by Crippen LogP contribution is 2.22. The van der Waals surface area contributed by atoms with Gasteiger partial charge in [-0.2, -0.15) is 0 Å². The minimum atomic E-state index is -0.798. The molecule has 5 rings (SSSR count). The zero-order chi connectivity index (χ0) is 25.4. The van der Waals surface area contributed by atoms with E-state index in [4.69, 9.17) is 16.6 Å². The number of benzene rings is 2. The number of rotatable bonds is 6. The predicted octanol–water partition coefficient (Wildman–Crippen LogP) is 2.06. The SMILES string of the molecule is CN1C(=O)C2C(=NC(CN3CCN(c4cccc(Cl)c4)CC3)=[N+]2CC(=O)c2ccccc2)N(C)C1=O. The van der Waals surface area contributed by atoms with E-state index in [1.165, 1.54) is 11.9 Å². The molecule has 0 spiro atoms. The molecule has 1 atom stereocenters. The number of amides is 3. The zero-order valence-electron chi connectivity index (χ0n) is 20.3. The standard InChI is InChI=1S/C26H28ClN6O3/c1-29-24-23(25(35)30(2)26(29)36)33(16-21(34)18-7-4-3-5-8-18)22(28-24)17-31-11-13-32(14-12-31)20-10-6-9-19(27)15-20/h3-10,15,23H,11-14,16-17H2,1-2H3/q+1. The van der Waals surface area contributed by atoms with Crippen molar-refractivity contribution in [1.29, 1.82) is 0 Å². The lowest BCUT2D eigenvalue weighted by Gasteiger charge is -2.35. The van der Waals surface area contributed by atoms with E-state index in [9.17, 15) is 14.4 Å². The number of ketones is 1. The Bertz CT molecular complexity index is 1270. The molecular formula is C26H28ClN6O3+. The van der Waals surface area contributed by atoms with Gasteiger partial charge in [0.1, 0.15) is 13.1 Å². The highest BCUT2D eigenvalue weighted by Gasteiger charge is 2.53. The van der Waals surface area contributed by atoms with E-state index in [2.05, 4.69) is 15.9 Å². The Balaban J connectivity index is 1.38. The van der Waals surface area contributed by atoms with Gasteiger partial charge in [-0.1, -0.05) is 48.0 Å². The molecule has 36 heavy (non-hydrogen) atoms. The number of carbonyl (C=O) groups is 3. The van der Waals surface area contributed by atoms with Crippen LogP contribution in [0.2, 0.25) is 5.02 Å². The summed E-state index contributed by atoms with van der Waals surface area (Å²) >= 11 is 6.16. The molecular weight excluding hydrogens is 480 g/mol. The number of anilines is 1. The molecule has 9 nitrogen and oxygen atoms in total. The van der Waals surface area contributed by atoms with E-state index in [0.29, 0.717) is 28.8 Å².